The van der Waals surface area contributed by atoms with Crippen LogP contribution >= 0.6 is 0 Å². The van der Waals surface area contributed by atoms with Crippen LogP contribution in [0.1, 0.15) is 5.56 Å². The number of ether oxygens (including phenoxy) is 1. The SMILES string of the molecule is COc1ccc(S(=O)(=O)N(C)CCO)cc1N(C)S(=O)(=O)c1ccc(C)cc1. The smallest absolute Gasteiger partial charge is 0.264 e. The predicted octanol–water partition coefficient (Wildman–Crippen LogP) is 1.44. The Kier molecular flexibility index (Phi) is 6.71. The third-order valence-electron chi connectivity index (χ3n) is 4.29. The number of benzene rings is 2. The van der Waals surface area contributed by atoms with E-state index in [2.05, 4.69) is 0 Å². The van der Waals surface area contributed by atoms with Crippen molar-refractivity contribution in [3.8, 4) is 5.75 Å². The summed E-state index contributed by atoms with van der Waals surface area (Å²) < 4.78 is 58.5. The average molecular weight is 429 g/mol. The summed E-state index contributed by atoms with van der Waals surface area (Å²) in [7, 11) is -3.79. The number of methoxy groups -OCH3 is 1. The summed E-state index contributed by atoms with van der Waals surface area (Å²) >= 11 is 0. The molecule has 2 aromatic rings. The van der Waals surface area contributed by atoms with E-state index < -0.39 is 20.0 Å². The monoisotopic (exact) mass is 428 g/mol. The number of likely N-dealkylation sites (N-methyl/N-ethyl adjacent to an activating group) is 1. The zero-order valence-electron chi connectivity index (χ0n) is 16.2. The van der Waals surface area contributed by atoms with Crippen molar-refractivity contribution in [2.45, 2.75) is 16.7 Å². The third-order valence-corrected chi connectivity index (χ3v) is 7.93. The van der Waals surface area contributed by atoms with Gasteiger partial charge in [0.1, 0.15) is 5.75 Å². The fourth-order valence-corrected chi connectivity index (χ4v) is 4.90. The van der Waals surface area contributed by atoms with Gasteiger partial charge in [0.25, 0.3) is 10.0 Å². The fraction of sp³-hybridized carbons (Fsp3) is 0.333. The van der Waals surface area contributed by atoms with E-state index in [9.17, 15) is 16.8 Å². The molecule has 0 aliphatic heterocycles. The van der Waals surface area contributed by atoms with Gasteiger partial charge in [-0.3, -0.25) is 4.31 Å². The highest BCUT2D eigenvalue weighted by molar-refractivity contribution is 7.92. The third kappa shape index (κ3) is 4.30. The fourth-order valence-electron chi connectivity index (χ4n) is 2.52. The number of hydrogen-bond donors (Lipinski definition) is 1. The van der Waals surface area contributed by atoms with Crippen molar-refractivity contribution in [2.75, 3.05) is 38.7 Å². The lowest BCUT2D eigenvalue weighted by molar-refractivity contribution is 0.266. The van der Waals surface area contributed by atoms with Gasteiger partial charge in [0.05, 0.1) is 29.2 Å². The predicted molar refractivity (Wildman–Crippen MR) is 107 cm³/mol. The Morgan fingerprint density at radius 1 is 0.929 bits per heavy atom. The maximum atomic E-state index is 13.0. The molecule has 0 fully saturated rings. The first kappa shape index (κ1) is 22.2. The first-order valence-corrected chi connectivity index (χ1v) is 11.2. The quantitative estimate of drug-likeness (QED) is 0.682. The second-order valence-corrected chi connectivity index (χ2v) is 10.2. The Balaban J connectivity index is 2.56. The maximum Gasteiger partial charge on any atom is 0.264 e. The first-order valence-electron chi connectivity index (χ1n) is 8.36. The van der Waals surface area contributed by atoms with Gasteiger partial charge in [-0.2, -0.15) is 4.31 Å². The summed E-state index contributed by atoms with van der Waals surface area (Å²) in [6, 6.07) is 10.3. The molecule has 28 heavy (non-hydrogen) atoms. The molecular formula is C18H24N2O6S2. The van der Waals surface area contributed by atoms with E-state index in [-0.39, 0.29) is 34.4 Å². The molecule has 2 rings (SSSR count). The highest BCUT2D eigenvalue weighted by Gasteiger charge is 2.27. The van der Waals surface area contributed by atoms with Gasteiger partial charge in [-0.15, -0.1) is 0 Å². The van der Waals surface area contributed by atoms with Crippen LogP contribution in [0.4, 0.5) is 5.69 Å². The van der Waals surface area contributed by atoms with E-state index in [1.165, 1.54) is 51.5 Å². The zero-order chi connectivity index (χ0) is 21.1. The number of sulfonamides is 2. The van der Waals surface area contributed by atoms with Crippen LogP contribution in [0.2, 0.25) is 0 Å². The summed E-state index contributed by atoms with van der Waals surface area (Å²) in [5.74, 6) is 0.210. The summed E-state index contributed by atoms with van der Waals surface area (Å²) in [5.41, 5.74) is 1.00. The lowest BCUT2D eigenvalue weighted by Crippen LogP contribution is -2.30. The topological polar surface area (TPSA) is 104 Å². The average Bonchev–Trinajstić information content (AvgIpc) is 2.67. The summed E-state index contributed by atoms with van der Waals surface area (Å²) in [6.07, 6.45) is 0. The van der Waals surface area contributed by atoms with Gasteiger partial charge in [-0.1, -0.05) is 17.7 Å². The molecule has 1 N–H and O–H groups in total. The molecule has 0 unspecified atom stereocenters. The van der Waals surface area contributed by atoms with Crippen molar-refractivity contribution < 1.29 is 26.7 Å². The van der Waals surface area contributed by atoms with Gasteiger partial charge in [-0.05, 0) is 37.3 Å². The molecule has 0 aromatic heterocycles. The van der Waals surface area contributed by atoms with E-state index in [4.69, 9.17) is 9.84 Å². The molecule has 0 atom stereocenters. The van der Waals surface area contributed by atoms with Crippen LogP contribution in [0.3, 0.4) is 0 Å². The Morgan fingerprint density at radius 2 is 1.50 bits per heavy atom. The number of rotatable bonds is 8. The molecule has 0 heterocycles. The van der Waals surface area contributed by atoms with Crippen LogP contribution in [0.25, 0.3) is 0 Å². The van der Waals surface area contributed by atoms with Crippen molar-refractivity contribution in [1.29, 1.82) is 0 Å². The number of hydrogen-bond acceptors (Lipinski definition) is 6. The van der Waals surface area contributed by atoms with Gasteiger partial charge >= 0.3 is 0 Å². The number of nitrogens with zero attached hydrogens (tertiary/aromatic N) is 2. The molecule has 0 amide bonds. The van der Waals surface area contributed by atoms with Crippen LogP contribution in [-0.2, 0) is 20.0 Å². The molecule has 0 spiro atoms. The minimum atomic E-state index is -3.93. The number of anilines is 1. The van der Waals surface area contributed by atoms with Gasteiger partial charge in [0.15, 0.2) is 0 Å². The molecule has 0 saturated carbocycles. The molecule has 154 valence electrons. The van der Waals surface area contributed by atoms with E-state index >= 15 is 0 Å². The lowest BCUT2D eigenvalue weighted by Gasteiger charge is -2.23. The number of aliphatic hydroxyl groups is 1. The maximum absolute atomic E-state index is 13.0. The molecule has 0 aliphatic rings. The Morgan fingerprint density at radius 3 is 2.04 bits per heavy atom. The first-order chi connectivity index (χ1) is 13.1. The lowest BCUT2D eigenvalue weighted by atomic mass is 10.2. The van der Waals surface area contributed by atoms with Gasteiger partial charge < -0.3 is 9.84 Å². The molecular weight excluding hydrogens is 404 g/mol. The highest BCUT2D eigenvalue weighted by atomic mass is 32.2. The van der Waals surface area contributed by atoms with Crippen LogP contribution < -0.4 is 9.04 Å². The molecule has 0 saturated heterocycles. The largest absolute Gasteiger partial charge is 0.495 e. The molecule has 2 aromatic carbocycles. The normalized spacial score (nSPS) is 12.2. The van der Waals surface area contributed by atoms with E-state index in [0.29, 0.717) is 0 Å². The van der Waals surface area contributed by atoms with Crippen molar-refractivity contribution in [1.82, 2.24) is 4.31 Å². The standard InChI is InChI=1S/C18H24N2O6S2/c1-14-5-7-15(8-6-14)28(24,25)20(3)17-13-16(9-10-18(17)26-4)27(22,23)19(2)11-12-21/h5-10,13,21H,11-12H2,1-4H3. The van der Waals surface area contributed by atoms with E-state index in [1.54, 1.807) is 12.1 Å². The molecule has 0 bridgehead atoms. The molecule has 0 radical (unpaired) electrons. The summed E-state index contributed by atoms with van der Waals surface area (Å²) in [5, 5.41) is 9.01. The molecule has 8 nitrogen and oxygen atoms in total. The molecule has 10 heteroatoms. The van der Waals surface area contributed by atoms with Gasteiger partial charge in [-0.25, -0.2) is 16.8 Å². The highest BCUT2D eigenvalue weighted by Crippen LogP contribution is 2.34. The second kappa shape index (κ2) is 8.48. The number of aliphatic hydroxyl groups excluding tert-OH is 1. The minimum Gasteiger partial charge on any atom is -0.495 e. The Hall–Kier alpha value is -2.14. The van der Waals surface area contributed by atoms with Crippen LogP contribution in [0, 0.1) is 6.92 Å². The van der Waals surface area contributed by atoms with Gasteiger partial charge in [0, 0.05) is 20.6 Å². The van der Waals surface area contributed by atoms with Crippen molar-refractivity contribution in [3.05, 3.63) is 48.0 Å². The summed E-state index contributed by atoms with van der Waals surface area (Å²) in [6.45, 7) is 1.43. The van der Waals surface area contributed by atoms with Gasteiger partial charge in [0.2, 0.25) is 10.0 Å². The number of aryl methyl sites for hydroxylation is 1. The summed E-state index contributed by atoms with van der Waals surface area (Å²) in [4.78, 5) is -0.0292. The second-order valence-electron chi connectivity index (χ2n) is 6.17. The van der Waals surface area contributed by atoms with Crippen LogP contribution in [0.15, 0.2) is 52.3 Å². The van der Waals surface area contributed by atoms with Crippen molar-refractivity contribution in [2.24, 2.45) is 0 Å². The van der Waals surface area contributed by atoms with Crippen LogP contribution in [0.5, 0.6) is 5.75 Å². The van der Waals surface area contributed by atoms with E-state index in [0.717, 1.165) is 14.2 Å². The van der Waals surface area contributed by atoms with E-state index in [1.807, 2.05) is 6.92 Å². The Bertz CT molecular complexity index is 1030. The minimum absolute atomic E-state index is 0.0771. The van der Waals surface area contributed by atoms with Crippen molar-refractivity contribution in [3.63, 3.8) is 0 Å². The van der Waals surface area contributed by atoms with Crippen LogP contribution in [-0.4, -0.2) is 60.6 Å². The Labute approximate surface area is 166 Å². The molecule has 0 aliphatic carbocycles. The van der Waals surface area contributed by atoms with Crippen molar-refractivity contribution >= 4 is 25.7 Å². The zero-order valence-corrected chi connectivity index (χ0v) is 17.8.